The van der Waals surface area contributed by atoms with Gasteiger partial charge in [-0.25, -0.2) is 4.79 Å². The highest BCUT2D eigenvalue weighted by molar-refractivity contribution is 5.74. The van der Waals surface area contributed by atoms with Gasteiger partial charge >= 0.3 is 6.03 Å². The number of carbonyl (C=O) groups is 1. The van der Waals surface area contributed by atoms with Crippen LogP contribution in [0.25, 0.3) is 0 Å². The summed E-state index contributed by atoms with van der Waals surface area (Å²) in [6, 6.07) is 10.2. The minimum atomic E-state index is -0.225. The molecular formula is C17H24N2O2. The van der Waals surface area contributed by atoms with Crippen molar-refractivity contribution in [3.63, 3.8) is 0 Å². The molecule has 2 amide bonds. The number of aliphatic hydroxyl groups is 1. The van der Waals surface area contributed by atoms with Crippen molar-refractivity contribution < 1.29 is 9.90 Å². The van der Waals surface area contributed by atoms with Gasteiger partial charge in [-0.15, -0.1) is 0 Å². The fourth-order valence-corrected chi connectivity index (χ4v) is 3.78. The van der Waals surface area contributed by atoms with Gasteiger partial charge in [-0.05, 0) is 31.2 Å². The Bertz CT molecular complexity index is 477. The molecular weight excluding hydrogens is 264 g/mol. The van der Waals surface area contributed by atoms with E-state index in [0.717, 1.165) is 44.2 Å². The molecule has 2 aliphatic rings. The van der Waals surface area contributed by atoms with Gasteiger partial charge in [0.2, 0.25) is 0 Å². The number of aliphatic hydroxyl groups excluding tert-OH is 1. The van der Waals surface area contributed by atoms with Gasteiger partial charge in [0.25, 0.3) is 0 Å². The number of nitrogens with zero attached hydrogens (tertiary/aromatic N) is 1. The fourth-order valence-electron chi connectivity index (χ4n) is 3.78. The highest BCUT2D eigenvalue weighted by Gasteiger charge is 2.40. The zero-order valence-corrected chi connectivity index (χ0v) is 12.4. The highest BCUT2D eigenvalue weighted by atomic mass is 16.3. The molecule has 1 saturated carbocycles. The highest BCUT2D eigenvalue weighted by Crippen LogP contribution is 2.35. The molecule has 0 aromatic heterocycles. The van der Waals surface area contributed by atoms with Crippen molar-refractivity contribution in [1.82, 2.24) is 10.2 Å². The molecule has 1 aromatic rings. The molecule has 114 valence electrons. The van der Waals surface area contributed by atoms with E-state index < -0.39 is 0 Å². The van der Waals surface area contributed by atoms with E-state index in [9.17, 15) is 9.90 Å². The van der Waals surface area contributed by atoms with E-state index in [1.165, 1.54) is 0 Å². The second-order valence-electron chi connectivity index (χ2n) is 6.21. The van der Waals surface area contributed by atoms with E-state index in [1.54, 1.807) is 0 Å². The first-order valence-electron chi connectivity index (χ1n) is 8.02. The van der Waals surface area contributed by atoms with Crippen LogP contribution in [0.2, 0.25) is 0 Å². The van der Waals surface area contributed by atoms with E-state index in [0.29, 0.717) is 6.54 Å². The number of nitrogens with one attached hydrogen (secondary N) is 1. The molecule has 21 heavy (non-hydrogen) atoms. The summed E-state index contributed by atoms with van der Waals surface area (Å²) in [6.07, 6.45) is 4.88. The van der Waals surface area contributed by atoms with Gasteiger partial charge in [-0.2, -0.15) is 0 Å². The molecule has 3 unspecified atom stereocenters. The summed E-state index contributed by atoms with van der Waals surface area (Å²) >= 11 is 0. The number of hydrogen-bond acceptors (Lipinski definition) is 2. The molecule has 0 spiro atoms. The van der Waals surface area contributed by atoms with Gasteiger partial charge in [-0.3, -0.25) is 0 Å². The van der Waals surface area contributed by atoms with Crippen LogP contribution in [0.5, 0.6) is 0 Å². The number of likely N-dealkylation sites (tertiary alicyclic amines) is 1. The molecule has 4 heteroatoms. The summed E-state index contributed by atoms with van der Waals surface area (Å²) in [6.45, 7) is 1.38. The lowest BCUT2D eigenvalue weighted by Gasteiger charge is -2.31. The van der Waals surface area contributed by atoms with Crippen LogP contribution in [0.15, 0.2) is 30.3 Å². The van der Waals surface area contributed by atoms with Gasteiger partial charge in [-0.1, -0.05) is 36.8 Å². The number of amides is 2. The van der Waals surface area contributed by atoms with Crippen LogP contribution < -0.4 is 5.32 Å². The largest absolute Gasteiger partial charge is 0.393 e. The standard InChI is InChI=1S/C17H24N2O2/c20-16-10-4-8-14(16)15-9-5-11-19(15)17(21)18-12-13-6-2-1-3-7-13/h1-3,6-7,14-16,20H,4-5,8-12H2,(H,18,21). The molecule has 2 N–H and O–H groups in total. The zero-order chi connectivity index (χ0) is 14.7. The van der Waals surface area contributed by atoms with E-state index in [-0.39, 0.29) is 24.1 Å². The molecule has 0 bridgehead atoms. The maximum Gasteiger partial charge on any atom is 0.317 e. The average Bonchev–Trinajstić information content (AvgIpc) is 3.14. The molecule has 1 aliphatic heterocycles. The lowest BCUT2D eigenvalue weighted by atomic mass is 9.94. The minimum Gasteiger partial charge on any atom is -0.393 e. The SMILES string of the molecule is O=C(NCc1ccccc1)N1CCCC1C1CCCC1O. The molecule has 1 aromatic carbocycles. The Morgan fingerprint density at radius 2 is 2.00 bits per heavy atom. The minimum absolute atomic E-state index is 0.0143. The van der Waals surface area contributed by atoms with Crippen molar-refractivity contribution >= 4 is 6.03 Å². The Morgan fingerprint density at radius 3 is 2.71 bits per heavy atom. The number of carbonyl (C=O) groups excluding carboxylic acids is 1. The van der Waals surface area contributed by atoms with Crippen molar-refractivity contribution in [3.8, 4) is 0 Å². The van der Waals surface area contributed by atoms with Gasteiger partial charge in [0.1, 0.15) is 0 Å². The van der Waals surface area contributed by atoms with E-state index in [2.05, 4.69) is 5.32 Å². The first-order valence-corrected chi connectivity index (χ1v) is 8.02. The molecule has 0 radical (unpaired) electrons. The number of rotatable bonds is 3. The molecule has 3 atom stereocenters. The van der Waals surface area contributed by atoms with Crippen LogP contribution in [0.4, 0.5) is 4.79 Å². The Kier molecular flexibility index (Phi) is 4.44. The topological polar surface area (TPSA) is 52.6 Å². The summed E-state index contributed by atoms with van der Waals surface area (Å²) in [7, 11) is 0. The molecule has 2 fully saturated rings. The van der Waals surface area contributed by atoms with E-state index >= 15 is 0 Å². The van der Waals surface area contributed by atoms with Crippen molar-refractivity contribution in [2.24, 2.45) is 5.92 Å². The van der Waals surface area contributed by atoms with Gasteiger partial charge in [0.05, 0.1) is 6.10 Å². The maximum absolute atomic E-state index is 12.4. The Morgan fingerprint density at radius 1 is 1.19 bits per heavy atom. The third-order valence-electron chi connectivity index (χ3n) is 4.87. The smallest absolute Gasteiger partial charge is 0.317 e. The molecule has 1 aliphatic carbocycles. The zero-order valence-electron chi connectivity index (χ0n) is 12.4. The van der Waals surface area contributed by atoms with Crippen LogP contribution >= 0.6 is 0 Å². The van der Waals surface area contributed by atoms with Crippen LogP contribution in [-0.2, 0) is 6.54 Å². The van der Waals surface area contributed by atoms with Crippen molar-refractivity contribution in [3.05, 3.63) is 35.9 Å². The predicted octanol–water partition coefficient (Wildman–Crippen LogP) is 2.52. The van der Waals surface area contributed by atoms with Gasteiger partial charge < -0.3 is 15.3 Å². The number of hydrogen-bond donors (Lipinski definition) is 2. The first kappa shape index (κ1) is 14.4. The van der Waals surface area contributed by atoms with Crippen molar-refractivity contribution in [2.75, 3.05) is 6.54 Å². The van der Waals surface area contributed by atoms with E-state index in [1.807, 2.05) is 35.2 Å². The summed E-state index contributed by atoms with van der Waals surface area (Å²) in [5, 5.41) is 13.1. The predicted molar refractivity (Wildman–Crippen MR) is 81.8 cm³/mol. The average molecular weight is 288 g/mol. The third kappa shape index (κ3) is 3.21. The lowest BCUT2D eigenvalue weighted by molar-refractivity contribution is 0.0841. The molecule has 4 nitrogen and oxygen atoms in total. The first-order chi connectivity index (χ1) is 10.3. The number of benzene rings is 1. The summed E-state index contributed by atoms with van der Waals surface area (Å²) in [4.78, 5) is 14.4. The Labute approximate surface area is 126 Å². The number of urea groups is 1. The normalized spacial score (nSPS) is 28.8. The van der Waals surface area contributed by atoms with Crippen molar-refractivity contribution in [2.45, 2.75) is 50.8 Å². The summed E-state index contributed by atoms with van der Waals surface area (Å²) in [5.74, 6) is 0.273. The fraction of sp³-hybridized carbons (Fsp3) is 0.588. The van der Waals surface area contributed by atoms with Crippen LogP contribution in [0, 0.1) is 5.92 Å². The molecule has 3 rings (SSSR count). The Hall–Kier alpha value is -1.55. The van der Waals surface area contributed by atoms with Gasteiger partial charge in [0.15, 0.2) is 0 Å². The molecule has 1 saturated heterocycles. The molecule has 1 heterocycles. The van der Waals surface area contributed by atoms with Crippen LogP contribution in [0.3, 0.4) is 0 Å². The Balaban J connectivity index is 1.58. The van der Waals surface area contributed by atoms with Crippen LogP contribution in [-0.4, -0.2) is 34.7 Å². The lowest BCUT2D eigenvalue weighted by Crippen LogP contribution is -2.46. The van der Waals surface area contributed by atoms with Crippen molar-refractivity contribution in [1.29, 1.82) is 0 Å². The monoisotopic (exact) mass is 288 g/mol. The summed E-state index contributed by atoms with van der Waals surface area (Å²) < 4.78 is 0. The second kappa shape index (κ2) is 6.48. The van der Waals surface area contributed by atoms with E-state index in [4.69, 9.17) is 0 Å². The second-order valence-corrected chi connectivity index (χ2v) is 6.21. The third-order valence-corrected chi connectivity index (χ3v) is 4.87. The summed E-state index contributed by atoms with van der Waals surface area (Å²) in [5.41, 5.74) is 1.11. The van der Waals surface area contributed by atoms with Gasteiger partial charge in [0, 0.05) is 25.0 Å². The van der Waals surface area contributed by atoms with Crippen LogP contribution in [0.1, 0.15) is 37.7 Å². The quantitative estimate of drug-likeness (QED) is 0.898. The maximum atomic E-state index is 12.4.